The highest BCUT2D eigenvalue weighted by Gasteiger charge is 2.04. The Morgan fingerprint density at radius 2 is 1.79 bits per heavy atom. The van der Waals surface area contributed by atoms with Crippen LogP contribution in [0.5, 0.6) is 0 Å². The SMILES string of the molecule is O=C(Cc1ccccc1)N/N=C/c1ccc2c(ccn2Cc2cccc(F)c2)c1. The number of fused-ring (bicyclic) bond motifs is 1. The first-order valence-corrected chi connectivity index (χ1v) is 9.36. The number of carbonyl (C=O) groups is 1. The molecule has 0 atom stereocenters. The number of nitrogens with one attached hydrogen (secondary N) is 1. The summed E-state index contributed by atoms with van der Waals surface area (Å²) in [5, 5.41) is 5.11. The van der Waals surface area contributed by atoms with Crippen molar-refractivity contribution >= 4 is 23.0 Å². The van der Waals surface area contributed by atoms with Crippen LogP contribution < -0.4 is 5.43 Å². The van der Waals surface area contributed by atoms with Crippen LogP contribution in [-0.2, 0) is 17.8 Å². The van der Waals surface area contributed by atoms with E-state index in [2.05, 4.69) is 15.1 Å². The molecule has 0 unspecified atom stereocenters. The van der Waals surface area contributed by atoms with Crippen molar-refractivity contribution in [2.45, 2.75) is 13.0 Å². The van der Waals surface area contributed by atoms with E-state index < -0.39 is 0 Å². The number of halogens is 1. The maximum atomic E-state index is 13.4. The number of rotatable bonds is 6. The number of hydrogen-bond acceptors (Lipinski definition) is 2. The van der Waals surface area contributed by atoms with Crippen molar-refractivity contribution in [1.29, 1.82) is 0 Å². The predicted octanol–water partition coefficient (Wildman–Crippen LogP) is 4.52. The highest BCUT2D eigenvalue weighted by molar-refractivity contribution is 5.90. The Bertz CT molecular complexity index is 1170. The highest BCUT2D eigenvalue weighted by atomic mass is 19.1. The number of benzene rings is 3. The molecule has 0 saturated heterocycles. The van der Waals surface area contributed by atoms with Crippen LogP contribution >= 0.6 is 0 Å². The molecule has 5 heteroatoms. The molecule has 1 heterocycles. The van der Waals surface area contributed by atoms with Crippen LogP contribution in [0, 0.1) is 5.82 Å². The fourth-order valence-electron chi connectivity index (χ4n) is 3.27. The van der Waals surface area contributed by atoms with Crippen molar-refractivity contribution in [1.82, 2.24) is 9.99 Å². The van der Waals surface area contributed by atoms with Crippen LogP contribution in [-0.4, -0.2) is 16.7 Å². The van der Waals surface area contributed by atoms with Crippen LogP contribution in [0.15, 0.2) is 90.2 Å². The molecule has 1 N–H and O–H groups in total. The van der Waals surface area contributed by atoms with E-state index in [1.807, 2.05) is 66.9 Å². The Morgan fingerprint density at radius 3 is 2.62 bits per heavy atom. The molecule has 0 aliphatic carbocycles. The number of hydrazone groups is 1. The molecule has 0 radical (unpaired) electrons. The lowest BCUT2D eigenvalue weighted by Gasteiger charge is -2.06. The Kier molecular flexibility index (Phi) is 5.47. The van der Waals surface area contributed by atoms with Crippen LogP contribution in [0.4, 0.5) is 4.39 Å². The van der Waals surface area contributed by atoms with E-state index in [9.17, 15) is 9.18 Å². The van der Waals surface area contributed by atoms with Gasteiger partial charge in [0, 0.05) is 23.6 Å². The molecule has 0 aliphatic heterocycles. The third-order valence-electron chi connectivity index (χ3n) is 4.65. The van der Waals surface area contributed by atoms with Gasteiger partial charge in [0.05, 0.1) is 12.6 Å². The van der Waals surface area contributed by atoms with E-state index in [-0.39, 0.29) is 11.7 Å². The predicted molar refractivity (Wildman–Crippen MR) is 113 cm³/mol. The van der Waals surface area contributed by atoms with Gasteiger partial charge in [0.1, 0.15) is 5.82 Å². The smallest absolute Gasteiger partial charge is 0.244 e. The highest BCUT2D eigenvalue weighted by Crippen LogP contribution is 2.19. The molecule has 4 rings (SSSR count). The zero-order valence-corrected chi connectivity index (χ0v) is 15.8. The zero-order valence-electron chi connectivity index (χ0n) is 15.8. The zero-order chi connectivity index (χ0) is 20.1. The summed E-state index contributed by atoms with van der Waals surface area (Å²) in [5.41, 5.74) is 6.36. The largest absolute Gasteiger partial charge is 0.343 e. The van der Waals surface area contributed by atoms with Crippen LogP contribution in [0.2, 0.25) is 0 Å². The summed E-state index contributed by atoms with van der Waals surface area (Å²) in [5.74, 6) is -0.387. The molecule has 3 aromatic carbocycles. The summed E-state index contributed by atoms with van der Waals surface area (Å²) < 4.78 is 15.5. The lowest BCUT2D eigenvalue weighted by molar-refractivity contribution is -0.120. The minimum Gasteiger partial charge on any atom is -0.343 e. The normalized spacial score (nSPS) is 11.2. The maximum Gasteiger partial charge on any atom is 0.244 e. The Labute approximate surface area is 168 Å². The standard InChI is InChI=1S/C24H20FN3O/c25-22-8-4-7-20(14-22)17-28-12-11-21-13-19(9-10-23(21)28)16-26-27-24(29)15-18-5-2-1-3-6-18/h1-14,16H,15,17H2,(H,27,29)/b26-16+. The second-order valence-corrected chi connectivity index (χ2v) is 6.85. The van der Waals surface area contributed by atoms with Crippen LogP contribution in [0.25, 0.3) is 10.9 Å². The maximum absolute atomic E-state index is 13.4. The van der Waals surface area contributed by atoms with E-state index in [4.69, 9.17) is 0 Å². The van der Waals surface area contributed by atoms with E-state index in [0.717, 1.165) is 27.6 Å². The van der Waals surface area contributed by atoms with Crippen molar-refractivity contribution in [3.05, 3.63) is 108 Å². The minimum absolute atomic E-state index is 0.158. The molecule has 4 aromatic rings. The molecular formula is C24H20FN3O. The molecule has 144 valence electrons. The van der Waals surface area contributed by atoms with Gasteiger partial charge >= 0.3 is 0 Å². The molecule has 29 heavy (non-hydrogen) atoms. The molecule has 0 fully saturated rings. The third kappa shape index (κ3) is 4.76. The van der Waals surface area contributed by atoms with Crippen LogP contribution in [0.3, 0.4) is 0 Å². The first-order valence-electron chi connectivity index (χ1n) is 9.36. The van der Waals surface area contributed by atoms with Gasteiger partial charge in [0.15, 0.2) is 0 Å². The molecular weight excluding hydrogens is 365 g/mol. The fraction of sp³-hybridized carbons (Fsp3) is 0.0833. The molecule has 0 aliphatic rings. The monoisotopic (exact) mass is 385 g/mol. The van der Waals surface area contributed by atoms with E-state index in [0.29, 0.717) is 13.0 Å². The summed E-state index contributed by atoms with van der Waals surface area (Å²) in [6.07, 6.45) is 3.91. The van der Waals surface area contributed by atoms with Gasteiger partial charge in [0.25, 0.3) is 0 Å². The first-order chi connectivity index (χ1) is 14.2. The summed E-state index contributed by atoms with van der Waals surface area (Å²) in [7, 11) is 0. The van der Waals surface area contributed by atoms with Crippen molar-refractivity contribution < 1.29 is 9.18 Å². The molecule has 1 amide bonds. The van der Waals surface area contributed by atoms with Gasteiger partial charge in [-0.25, -0.2) is 9.82 Å². The molecule has 0 saturated carbocycles. The topological polar surface area (TPSA) is 46.4 Å². The molecule has 1 aromatic heterocycles. The summed E-state index contributed by atoms with van der Waals surface area (Å²) in [6.45, 7) is 0.601. The van der Waals surface area contributed by atoms with Gasteiger partial charge in [-0.05, 0) is 47.0 Å². The van der Waals surface area contributed by atoms with Gasteiger partial charge in [-0.1, -0.05) is 48.5 Å². The Balaban J connectivity index is 1.41. The van der Waals surface area contributed by atoms with Gasteiger partial charge in [-0.15, -0.1) is 0 Å². The van der Waals surface area contributed by atoms with Crippen molar-refractivity contribution in [2.75, 3.05) is 0 Å². The lowest BCUT2D eigenvalue weighted by Crippen LogP contribution is -2.19. The average Bonchev–Trinajstić information content (AvgIpc) is 3.11. The van der Waals surface area contributed by atoms with Crippen molar-refractivity contribution in [3.63, 3.8) is 0 Å². The molecule has 0 spiro atoms. The number of nitrogens with zero attached hydrogens (tertiary/aromatic N) is 2. The fourth-order valence-corrected chi connectivity index (χ4v) is 3.27. The number of aromatic nitrogens is 1. The van der Waals surface area contributed by atoms with Gasteiger partial charge < -0.3 is 4.57 Å². The Morgan fingerprint density at radius 1 is 0.966 bits per heavy atom. The van der Waals surface area contributed by atoms with Gasteiger partial charge in [0.2, 0.25) is 5.91 Å². The summed E-state index contributed by atoms with van der Waals surface area (Å²) in [4.78, 5) is 12.0. The number of amides is 1. The van der Waals surface area contributed by atoms with Gasteiger partial charge in [-0.2, -0.15) is 5.10 Å². The van der Waals surface area contributed by atoms with E-state index in [1.54, 1.807) is 18.3 Å². The Hall–Kier alpha value is -3.73. The molecule has 4 nitrogen and oxygen atoms in total. The van der Waals surface area contributed by atoms with Gasteiger partial charge in [-0.3, -0.25) is 4.79 Å². The van der Waals surface area contributed by atoms with E-state index >= 15 is 0 Å². The minimum atomic E-state index is -0.230. The number of hydrogen-bond donors (Lipinski definition) is 1. The quantitative estimate of drug-likeness (QED) is 0.385. The lowest BCUT2D eigenvalue weighted by atomic mass is 10.1. The summed E-state index contributed by atoms with van der Waals surface area (Å²) in [6, 6.07) is 24.1. The van der Waals surface area contributed by atoms with E-state index in [1.165, 1.54) is 6.07 Å². The second-order valence-electron chi connectivity index (χ2n) is 6.85. The first kappa shape index (κ1) is 18.6. The third-order valence-corrected chi connectivity index (χ3v) is 4.65. The van der Waals surface area contributed by atoms with Crippen LogP contribution in [0.1, 0.15) is 16.7 Å². The second kappa shape index (κ2) is 8.52. The number of carbonyl (C=O) groups excluding carboxylic acids is 1. The molecule has 0 bridgehead atoms. The van der Waals surface area contributed by atoms with Crippen molar-refractivity contribution in [2.24, 2.45) is 5.10 Å². The summed E-state index contributed by atoms with van der Waals surface area (Å²) >= 11 is 0. The average molecular weight is 385 g/mol. The van der Waals surface area contributed by atoms with Crippen molar-refractivity contribution in [3.8, 4) is 0 Å².